The third-order valence-corrected chi connectivity index (χ3v) is 4.04. The smallest absolute Gasteiger partial charge is 0.469 e. The number of nitrogens with two attached hydrogens (primary N) is 1. The molecule has 0 spiro atoms. The lowest BCUT2D eigenvalue weighted by molar-refractivity contribution is -0.592. The van der Waals surface area contributed by atoms with E-state index >= 15 is 0 Å². The highest BCUT2D eigenvalue weighted by atomic mass is 31.2. The predicted octanol–water partition coefficient (Wildman–Crippen LogP) is -2.62. The van der Waals surface area contributed by atoms with Gasteiger partial charge in [-0.25, -0.2) is 14.3 Å². The molecule has 1 aliphatic rings. The number of imidazole rings is 1. The maximum absolute atomic E-state index is 11.4. The van der Waals surface area contributed by atoms with Gasteiger partial charge in [0.25, 0.3) is 5.82 Å². The number of hydrogen-bond acceptors (Lipinski definition) is 9. The predicted molar refractivity (Wildman–Crippen MR) is 74.8 cm³/mol. The molecule has 1 aliphatic heterocycles. The normalized spacial score (nSPS) is 27.8. The van der Waals surface area contributed by atoms with Crippen molar-refractivity contribution >= 4 is 24.8 Å². The van der Waals surface area contributed by atoms with Crippen LogP contribution < -0.4 is 10.5 Å². The van der Waals surface area contributed by atoms with Crippen LogP contribution in [0.1, 0.15) is 6.23 Å². The second-order valence-electron chi connectivity index (χ2n) is 5.11. The van der Waals surface area contributed by atoms with E-state index in [4.69, 9.17) is 20.3 Å². The summed E-state index contributed by atoms with van der Waals surface area (Å²) in [4.78, 5) is 25.2. The summed E-state index contributed by atoms with van der Waals surface area (Å²) in [5.74, 6) is -0.201. The highest BCUT2D eigenvalue weighted by Crippen LogP contribution is 2.38. The average Bonchev–Trinajstić information content (AvgIpc) is 3.04. The summed E-state index contributed by atoms with van der Waals surface area (Å²) < 4.78 is 22.0. The Morgan fingerprint density at radius 1 is 1.42 bits per heavy atom. The minimum atomic E-state index is -4.75. The number of phosphoric acid groups is 1. The molecule has 4 atom stereocenters. The Balaban J connectivity index is 1.88. The standard InChI is InChI=1S/C10H14N5O8P/c11-8-5-9(13-3-15(8)18)14(2-12-5)10-7(17)6(16)4(23-10)1-22-24(19,20)21/h2-4,6-7,10,16-17H,1,11H2,(H2,19,20,21)/t4-,6-,7?,10-/m1/s1. The molecule has 14 heteroatoms. The molecule has 132 valence electrons. The molecule has 1 saturated heterocycles. The molecule has 24 heavy (non-hydrogen) atoms. The maximum atomic E-state index is 11.4. The number of nitrogens with zero attached hydrogens (tertiary/aromatic N) is 4. The number of fused-ring (bicyclic) bond motifs is 1. The van der Waals surface area contributed by atoms with Crippen LogP contribution in [0.15, 0.2) is 12.7 Å². The van der Waals surface area contributed by atoms with E-state index in [0.717, 1.165) is 6.33 Å². The lowest BCUT2D eigenvalue weighted by atomic mass is 10.1. The van der Waals surface area contributed by atoms with Crippen molar-refractivity contribution in [2.45, 2.75) is 24.5 Å². The summed E-state index contributed by atoms with van der Waals surface area (Å²) in [6.45, 7) is -0.637. The van der Waals surface area contributed by atoms with Crippen LogP contribution in [-0.2, 0) is 13.8 Å². The number of aromatic nitrogens is 4. The van der Waals surface area contributed by atoms with E-state index < -0.39 is 39.0 Å². The summed E-state index contributed by atoms with van der Waals surface area (Å²) in [5, 5.41) is 31.4. The minimum Gasteiger partial charge on any atom is -0.740 e. The van der Waals surface area contributed by atoms with E-state index in [1.807, 2.05) is 0 Å². The van der Waals surface area contributed by atoms with Gasteiger partial charge in [-0.05, 0) is 0 Å². The zero-order valence-electron chi connectivity index (χ0n) is 11.9. The van der Waals surface area contributed by atoms with Gasteiger partial charge < -0.3 is 35.7 Å². The van der Waals surface area contributed by atoms with Gasteiger partial charge in [0, 0.05) is 0 Å². The molecule has 13 nitrogen and oxygen atoms in total. The molecule has 0 bridgehead atoms. The number of aliphatic hydroxyl groups excluding tert-OH is 2. The first-order valence-corrected chi connectivity index (χ1v) is 8.14. The largest absolute Gasteiger partial charge is 0.740 e. The summed E-state index contributed by atoms with van der Waals surface area (Å²) in [7, 11) is -4.75. The van der Waals surface area contributed by atoms with E-state index in [-0.39, 0.29) is 17.0 Å². The first kappa shape index (κ1) is 17.0. The SMILES string of the molecule is Nc1c2ncn([C@@H]3O[C@H](COP(=O)(O)O)[C@@H](O)C3O)c2nc[n+]1[O-]. The number of ether oxygens (including phenoxy) is 1. The lowest BCUT2D eigenvalue weighted by Gasteiger charge is -2.15. The number of aliphatic hydroxyl groups is 2. The molecule has 3 heterocycles. The summed E-state index contributed by atoms with van der Waals surface area (Å²) in [6.07, 6.45) is -3.16. The van der Waals surface area contributed by atoms with E-state index in [0.29, 0.717) is 4.73 Å². The van der Waals surface area contributed by atoms with E-state index in [1.54, 1.807) is 0 Å². The van der Waals surface area contributed by atoms with Crippen molar-refractivity contribution < 1.29 is 38.6 Å². The zero-order chi connectivity index (χ0) is 17.6. The fourth-order valence-electron chi connectivity index (χ4n) is 2.39. The lowest BCUT2D eigenvalue weighted by Crippen LogP contribution is -2.33. The quantitative estimate of drug-likeness (QED) is 0.216. The van der Waals surface area contributed by atoms with Crippen molar-refractivity contribution in [3.63, 3.8) is 0 Å². The fourth-order valence-corrected chi connectivity index (χ4v) is 2.73. The Kier molecular flexibility index (Phi) is 4.17. The molecule has 0 amide bonds. The van der Waals surface area contributed by atoms with Crippen molar-refractivity contribution in [3.05, 3.63) is 17.9 Å². The van der Waals surface area contributed by atoms with Crippen molar-refractivity contribution in [3.8, 4) is 0 Å². The van der Waals surface area contributed by atoms with Crippen molar-refractivity contribution in [1.29, 1.82) is 0 Å². The Labute approximate surface area is 133 Å². The fraction of sp³-hybridized carbons (Fsp3) is 0.500. The molecule has 2 aromatic heterocycles. The van der Waals surface area contributed by atoms with Crippen LogP contribution in [0.2, 0.25) is 0 Å². The summed E-state index contributed by atoms with van der Waals surface area (Å²) >= 11 is 0. The van der Waals surface area contributed by atoms with Gasteiger partial charge >= 0.3 is 7.82 Å². The number of phosphoric ester groups is 1. The number of hydrogen-bond donors (Lipinski definition) is 5. The number of anilines is 1. The van der Waals surface area contributed by atoms with Crippen LogP contribution in [0.4, 0.5) is 5.82 Å². The second kappa shape index (κ2) is 5.89. The molecule has 0 radical (unpaired) electrons. The van der Waals surface area contributed by atoms with Gasteiger partial charge in [-0.2, -0.15) is 0 Å². The van der Waals surface area contributed by atoms with Crippen LogP contribution in [0.3, 0.4) is 0 Å². The molecular weight excluding hydrogens is 349 g/mol. The summed E-state index contributed by atoms with van der Waals surface area (Å²) in [6, 6.07) is 0. The number of rotatable bonds is 4. The van der Waals surface area contributed by atoms with Crippen molar-refractivity contribution in [2.75, 3.05) is 12.3 Å². The van der Waals surface area contributed by atoms with Gasteiger partial charge in [-0.1, -0.05) is 4.98 Å². The molecule has 1 fully saturated rings. The van der Waals surface area contributed by atoms with Gasteiger partial charge in [-0.15, -0.1) is 0 Å². The number of nitrogen functional groups attached to an aromatic ring is 1. The monoisotopic (exact) mass is 363 g/mol. The Morgan fingerprint density at radius 2 is 2.12 bits per heavy atom. The van der Waals surface area contributed by atoms with Crippen LogP contribution >= 0.6 is 7.82 Å². The molecule has 1 unspecified atom stereocenters. The molecule has 2 aromatic rings. The topological polar surface area (TPSA) is 200 Å². The molecule has 0 aliphatic carbocycles. The Hall–Kier alpha value is -1.86. The second-order valence-corrected chi connectivity index (χ2v) is 6.35. The molecular formula is C10H14N5O8P. The van der Waals surface area contributed by atoms with Gasteiger partial charge in [0.1, 0.15) is 24.6 Å². The molecule has 0 saturated carbocycles. The van der Waals surface area contributed by atoms with Gasteiger partial charge in [0.15, 0.2) is 11.7 Å². The first-order valence-electron chi connectivity index (χ1n) is 6.61. The van der Waals surface area contributed by atoms with Crippen LogP contribution in [-0.4, -0.2) is 59.5 Å². The van der Waals surface area contributed by atoms with Gasteiger partial charge in [0.05, 0.1) is 6.61 Å². The maximum Gasteiger partial charge on any atom is 0.469 e. The first-order chi connectivity index (χ1) is 11.2. The zero-order valence-corrected chi connectivity index (χ0v) is 12.8. The summed E-state index contributed by atoms with van der Waals surface area (Å²) in [5.41, 5.74) is 5.80. The Bertz CT molecular complexity index is 808. The highest BCUT2D eigenvalue weighted by Gasteiger charge is 2.45. The third-order valence-electron chi connectivity index (χ3n) is 3.55. The van der Waals surface area contributed by atoms with E-state index in [2.05, 4.69) is 14.5 Å². The molecule has 3 rings (SSSR count). The van der Waals surface area contributed by atoms with E-state index in [9.17, 15) is 20.0 Å². The average molecular weight is 363 g/mol. The Morgan fingerprint density at radius 3 is 2.79 bits per heavy atom. The van der Waals surface area contributed by atoms with Crippen molar-refractivity contribution in [1.82, 2.24) is 14.5 Å². The van der Waals surface area contributed by atoms with Gasteiger partial charge in [0.2, 0.25) is 12.0 Å². The highest BCUT2D eigenvalue weighted by molar-refractivity contribution is 7.46. The van der Waals surface area contributed by atoms with Crippen LogP contribution in [0, 0.1) is 5.21 Å². The van der Waals surface area contributed by atoms with Crippen LogP contribution in [0.5, 0.6) is 0 Å². The van der Waals surface area contributed by atoms with Crippen LogP contribution in [0.25, 0.3) is 11.2 Å². The molecule has 6 N–H and O–H groups in total. The van der Waals surface area contributed by atoms with Gasteiger partial charge in [-0.3, -0.25) is 9.09 Å². The third kappa shape index (κ3) is 2.93. The molecule has 0 aromatic carbocycles. The van der Waals surface area contributed by atoms with Crippen molar-refractivity contribution in [2.24, 2.45) is 0 Å². The minimum absolute atomic E-state index is 0.0766. The van der Waals surface area contributed by atoms with E-state index in [1.165, 1.54) is 10.9 Å².